The summed E-state index contributed by atoms with van der Waals surface area (Å²) in [6.07, 6.45) is 6.99. The molecule has 1 aromatic rings. The molecule has 0 saturated carbocycles. The molecule has 4 heteroatoms. The van der Waals surface area contributed by atoms with Crippen molar-refractivity contribution in [1.82, 2.24) is 15.6 Å². The molecule has 0 radical (unpaired) electrons. The molecule has 4 nitrogen and oxygen atoms in total. The molecule has 2 amide bonds. The Morgan fingerprint density at radius 1 is 1.44 bits per heavy atom. The first kappa shape index (κ1) is 12.2. The molecule has 0 aromatic carbocycles. The topological polar surface area (TPSA) is 54.0 Å². The minimum atomic E-state index is -0.200. The molecule has 0 bridgehead atoms. The van der Waals surface area contributed by atoms with E-state index in [1.165, 1.54) is 0 Å². The van der Waals surface area contributed by atoms with E-state index in [2.05, 4.69) is 15.6 Å². The summed E-state index contributed by atoms with van der Waals surface area (Å²) in [4.78, 5) is 15.2. The van der Waals surface area contributed by atoms with Gasteiger partial charge in [0.2, 0.25) is 0 Å². The normalized spacial score (nSPS) is 10.7. The highest BCUT2D eigenvalue weighted by atomic mass is 16.2. The monoisotopic (exact) mass is 219 g/mol. The number of urea groups is 1. The SMILES string of the molecule is CC(C)/C=C/NC(=O)NCc1ccncc1. The quantitative estimate of drug-likeness (QED) is 0.814. The zero-order valence-electron chi connectivity index (χ0n) is 9.60. The molecule has 0 saturated heterocycles. The van der Waals surface area contributed by atoms with Crippen LogP contribution in [-0.2, 0) is 6.54 Å². The summed E-state index contributed by atoms with van der Waals surface area (Å²) in [6.45, 7) is 4.60. The molecule has 1 rings (SSSR count). The summed E-state index contributed by atoms with van der Waals surface area (Å²) in [7, 11) is 0. The maximum absolute atomic E-state index is 11.3. The lowest BCUT2D eigenvalue weighted by molar-refractivity contribution is 0.243. The third-order valence-corrected chi connectivity index (χ3v) is 1.90. The number of carbonyl (C=O) groups is 1. The van der Waals surface area contributed by atoms with Gasteiger partial charge >= 0.3 is 6.03 Å². The summed E-state index contributed by atoms with van der Waals surface area (Å²) in [5.74, 6) is 0.431. The number of hydrogen-bond acceptors (Lipinski definition) is 2. The summed E-state index contributed by atoms with van der Waals surface area (Å²) in [6, 6.07) is 3.53. The summed E-state index contributed by atoms with van der Waals surface area (Å²) in [5.41, 5.74) is 1.03. The molecule has 1 aromatic heterocycles. The van der Waals surface area contributed by atoms with E-state index in [1.807, 2.05) is 32.1 Å². The minimum absolute atomic E-state index is 0.200. The van der Waals surface area contributed by atoms with Crippen molar-refractivity contribution in [3.05, 3.63) is 42.4 Å². The van der Waals surface area contributed by atoms with Gasteiger partial charge in [0.05, 0.1) is 0 Å². The molecule has 86 valence electrons. The summed E-state index contributed by atoms with van der Waals surface area (Å²) in [5, 5.41) is 5.38. The van der Waals surface area contributed by atoms with E-state index in [9.17, 15) is 4.79 Å². The van der Waals surface area contributed by atoms with E-state index in [4.69, 9.17) is 0 Å². The van der Waals surface area contributed by atoms with Crippen LogP contribution in [0.15, 0.2) is 36.8 Å². The fourth-order valence-corrected chi connectivity index (χ4v) is 1.05. The van der Waals surface area contributed by atoms with E-state index in [1.54, 1.807) is 18.6 Å². The number of amides is 2. The number of hydrogen-bond donors (Lipinski definition) is 2. The molecule has 0 atom stereocenters. The average Bonchev–Trinajstić information content (AvgIpc) is 2.27. The van der Waals surface area contributed by atoms with Gasteiger partial charge in [-0.25, -0.2) is 4.79 Å². The average molecular weight is 219 g/mol. The molecule has 16 heavy (non-hydrogen) atoms. The van der Waals surface area contributed by atoms with Crippen molar-refractivity contribution >= 4 is 6.03 Å². The summed E-state index contributed by atoms with van der Waals surface area (Å²) < 4.78 is 0. The Kier molecular flexibility index (Phi) is 5.05. The van der Waals surface area contributed by atoms with Crippen molar-refractivity contribution in [3.63, 3.8) is 0 Å². The maximum Gasteiger partial charge on any atom is 0.319 e. The number of nitrogens with one attached hydrogen (secondary N) is 2. The van der Waals surface area contributed by atoms with Gasteiger partial charge in [-0.2, -0.15) is 0 Å². The van der Waals surface area contributed by atoms with Crippen molar-refractivity contribution < 1.29 is 4.79 Å². The Hall–Kier alpha value is -1.84. The van der Waals surface area contributed by atoms with Crippen LogP contribution in [-0.4, -0.2) is 11.0 Å². The van der Waals surface area contributed by atoms with E-state index < -0.39 is 0 Å². The molecular weight excluding hydrogens is 202 g/mol. The Bertz CT molecular complexity index is 347. The van der Waals surface area contributed by atoms with Gasteiger partial charge in [-0.15, -0.1) is 0 Å². The van der Waals surface area contributed by atoms with Crippen LogP contribution in [0.4, 0.5) is 4.79 Å². The van der Waals surface area contributed by atoms with Crippen LogP contribution >= 0.6 is 0 Å². The molecule has 0 aliphatic carbocycles. The van der Waals surface area contributed by atoms with Gasteiger partial charge in [-0.3, -0.25) is 4.98 Å². The largest absolute Gasteiger partial charge is 0.334 e. The number of rotatable bonds is 4. The van der Waals surface area contributed by atoms with Gasteiger partial charge in [0.15, 0.2) is 0 Å². The predicted molar refractivity (Wildman–Crippen MR) is 63.6 cm³/mol. The van der Waals surface area contributed by atoms with E-state index in [0.29, 0.717) is 12.5 Å². The number of aromatic nitrogens is 1. The standard InChI is InChI=1S/C12H17N3O/c1-10(2)3-8-14-12(16)15-9-11-4-6-13-7-5-11/h3-8,10H,9H2,1-2H3,(H2,14,15,16)/b8-3+. The Balaban J connectivity index is 2.26. The fourth-order valence-electron chi connectivity index (χ4n) is 1.05. The predicted octanol–water partition coefficient (Wildman–Crippen LogP) is 2.05. The second-order valence-electron chi connectivity index (χ2n) is 3.79. The third-order valence-electron chi connectivity index (χ3n) is 1.90. The molecule has 1 heterocycles. The number of allylic oxidation sites excluding steroid dienone is 1. The number of pyridine rings is 1. The molecule has 0 spiro atoms. The van der Waals surface area contributed by atoms with Gasteiger partial charge in [0, 0.05) is 25.1 Å². The fraction of sp³-hybridized carbons (Fsp3) is 0.333. The van der Waals surface area contributed by atoms with Crippen molar-refractivity contribution in [3.8, 4) is 0 Å². The summed E-state index contributed by atoms with van der Waals surface area (Å²) >= 11 is 0. The maximum atomic E-state index is 11.3. The Labute approximate surface area is 95.8 Å². The van der Waals surface area contributed by atoms with E-state index in [0.717, 1.165) is 5.56 Å². The second-order valence-corrected chi connectivity index (χ2v) is 3.79. The lowest BCUT2D eigenvalue weighted by Gasteiger charge is -2.04. The zero-order chi connectivity index (χ0) is 11.8. The van der Waals surface area contributed by atoms with Gasteiger partial charge in [0.25, 0.3) is 0 Å². The molecule has 0 fully saturated rings. The molecule has 0 aliphatic rings. The van der Waals surface area contributed by atoms with E-state index >= 15 is 0 Å². The van der Waals surface area contributed by atoms with Gasteiger partial charge in [-0.1, -0.05) is 19.9 Å². The van der Waals surface area contributed by atoms with Crippen LogP contribution in [0.25, 0.3) is 0 Å². The zero-order valence-corrected chi connectivity index (χ0v) is 9.60. The second kappa shape index (κ2) is 6.61. The van der Waals surface area contributed by atoms with Gasteiger partial charge in [0.1, 0.15) is 0 Å². The smallest absolute Gasteiger partial charge is 0.319 e. The lowest BCUT2D eigenvalue weighted by atomic mass is 10.2. The first-order valence-corrected chi connectivity index (χ1v) is 5.28. The lowest BCUT2D eigenvalue weighted by Crippen LogP contribution is -2.31. The number of nitrogens with zero attached hydrogens (tertiary/aromatic N) is 1. The van der Waals surface area contributed by atoms with Crippen molar-refractivity contribution in [1.29, 1.82) is 0 Å². The Morgan fingerprint density at radius 2 is 2.12 bits per heavy atom. The molecule has 2 N–H and O–H groups in total. The molecular formula is C12H17N3O. The van der Waals surface area contributed by atoms with Crippen molar-refractivity contribution in [2.24, 2.45) is 5.92 Å². The first-order chi connectivity index (χ1) is 7.68. The van der Waals surface area contributed by atoms with Crippen LogP contribution in [0.5, 0.6) is 0 Å². The third kappa shape index (κ3) is 5.14. The van der Waals surface area contributed by atoms with E-state index in [-0.39, 0.29) is 6.03 Å². The molecule has 0 aliphatic heterocycles. The van der Waals surface area contributed by atoms with Gasteiger partial charge < -0.3 is 10.6 Å². The highest BCUT2D eigenvalue weighted by Crippen LogP contribution is 1.94. The van der Waals surface area contributed by atoms with Crippen molar-refractivity contribution in [2.75, 3.05) is 0 Å². The highest BCUT2D eigenvalue weighted by molar-refractivity contribution is 5.74. The van der Waals surface area contributed by atoms with Crippen LogP contribution in [0.1, 0.15) is 19.4 Å². The highest BCUT2D eigenvalue weighted by Gasteiger charge is 1.96. The minimum Gasteiger partial charge on any atom is -0.334 e. The Morgan fingerprint density at radius 3 is 2.75 bits per heavy atom. The molecule has 0 unspecified atom stereocenters. The number of carbonyl (C=O) groups excluding carboxylic acids is 1. The first-order valence-electron chi connectivity index (χ1n) is 5.28. The van der Waals surface area contributed by atoms with Crippen LogP contribution < -0.4 is 10.6 Å². The van der Waals surface area contributed by atoms with Crippen LogP contribution in [0, 0.1) is 5.92 Å². The van der Waals surface area contributed by atoms with Crippen LogP contribution in [0.3, 0.4) is 0 Å². The van der Waals surface area contributed by atoms with Gasteiger partial charge in [-0.05, 0) is 23.6 Å². The van der Waals surface area contributed by atoms with Crippen LogP contribution in [0.2, 0.25) is 0 Å². The van der Waals surface area contributed by atoms with Crippen molar-refractivity contribution in [2.45, 2.75) is 20.4 Å².